The van der Waals surface area contributed by atoms with Crippen molar-refractivity contribution in [2.24, 2.45) is 0 Å². The van der Waals surface area contributed by atoms with Gasteiger partial charge in [0, 0.05) is 19.5 Å². The highest BCUT2D eigenvalue weighted by atomic mass is 32.1. The summed E-state index contributed by atoms with van der Waals surface area (Å²) in [6.45, 7) is 10.2. The number of esters is 1. The second kappa shape index (κ2) is 11.4. The molecule has 3 nitrogen and oxygen atoms in total. The van der Waals surface area contributed by atoms with Gasteiger partial charge in [0.05, 0.1) is 12.1 Å². The summed E-state index contributed by atoms with van der Waals surface area (Å²) in [5, 5.41) is 0. The maximum Gasteiger partial charge on any atom is 0.305 e. The van der Waals surface area contributed by atoms with Crippen LogP contribution >= 0.6 is 12.2 Å². The molecule has 0 N–H and O–H groups in total. The second-order valence-electron chi connectivity index (χ2n) is 2.85. The summed E-state index contributed by atoms with van der Waals surface area (Å²) in [5.74, 6) is -0.157. The smallest absolute Gasteiger partial charge is 0.305 e. The van der Waals surface area contributed by atoms with E-state index in [1.54, 1.807) is 6.92 Å². The maximum absolute atomic E-state index is 9.96. The van der Waals surface area contributed by atoms with Gasteiger partial charge in [0.2, 0.25) is 0 Å². The monoisotopic (exact) mass is 233 g/mol. The SMILES string of the molecule is CCC(=O)OC.CCC(=S)N(CC)CC. The molecule has 0 aromatic heterocycles. The van der Waals surface area contributed by atoms with Crippen LogP contribution in [0.3, 0.4) is 0 Å². The van der Waals surface area contributed by atoms with Gasteiger partial charge in [-0.1, -0.05) is 26.1 Å². The molecule has 0 aliphatic rings. The van der Waals surface area contributed by atoms with Crippen molar-refractivity contribution < 1.29 is 9.53 Å². The molecule has 0 aromatic rings. The second-order valence-corrected chi connectivity index (χ2v) is 3.32. The Morgan fingerprint density at radius 3 is 1.67 bits per heavy atom. The fraction of sp³-hybridized carbons (Fsp3) is 0.818. The molecule has 0 saturated heterocycles. The van der Waals surface area contributed by atoms with Gasteiger partial charge in [-0.3, -0.25) is 4.79 Å². The van der Waals surface area contributed by atoms with Crippen LogP contribution < -0.4 is 0 Å². The largest absolute Gasteiger partial charge is 0.469 e. The van der Waals surface area contributed by atoms with Crippen molar-refractivity contribution in [3.63, 3.8) is 0 Å². The number of hydrogen-bond donors (Lipinski definition) is 0. The van der Waals surface area contributed by atoms with Gasteiger partial charge in [-0.2, -0.15) is 0 Å². The average molecular weight is 233 g/mol. The van der Waals surface area contributed by atoms with Crippen LogP contribution in [0.4, 0.5) is 0 Å². The van der Waals surface area contributed by atoms with E-state index in [-0.39, 0.29) is 5.97 Å². The Kier molecular flexibility index (Phi) is 12.8. The highest BCUT2D eigenvalue weighted by Gasteiger charge is 1.99. The normalized spacial score (nSPS) is 8.60. The van der Waals surface area contributed by atoms with Gasteiger partial charge in [0.15, 0.2) is 0 Å². The minimum atomic E-state index is -0.157. The molecule has 4 heteroatoms. The summed E-state index contributed by atoms with van der Waals surface area (Å²) in [6, 6.07) is 0. The van der Waals surface area contributed by atoms with E-state index in [1.807, 2.05) is 0 Å². The lowest BCUT2D eigenvalue weighted by molar-refractivity contribution is -0.140. The lowest BCUT2D eigenvalue weighted by Crippen LogP contribution is -2.28. The van der Waals surface area contributed by atoms with Gasteiger partial charge < -0.3 is 9.64 Å². The van der Waals surface area contributed by atoms with E-state index in [0.717, 1.165) is 24.5 Å². The Labute approximate surface area is 98.8 Å². The third kappa shape index (κ3) is 9.66. The maximum atomic E-state index is 9.96. The Morgan fingerprint density at radius 1 is 1.13 bits per heavy atom. The highest BCUT2D eigenvalue weighted by Crippen LogP contribution is 1.94. The van der Waals surface area contributed by atoms with Crippen molar-refractivity contribution in [3.05, 3.63) is 0 Å². The standard InChI is InChI=1S/C7H15NS.C4H8O2/c1-4-7(9)8(5-2)6-3;1-3-4(5)6-2/h4-6H2,1-3H3;3H2,1-2H3. The zero-order valence-corrected chi connectivity index (χ0v) is 11.3. The number of methoxy groups -OCH3 is 1. The molecule has 0 heterocycles. The molecule has 0 amide bonds. The molecule has 0 aliphatic heterocycles. The van der Waals surface area contributed by atoms with Crippen molar-refractivity contribution in [2.75, 3.05) is 20.2 Å². The molecule has 0 bridgehead atoms. The Hall–Kier alpha value is -0.640. The van der Waals surface area contributed by atoms with E-state index in [2.05, 4.69) is 30.4 Å². The van der Waals surface area contributed by atoms with E-state index in [9.17, 15) is 4.79 Å². The van der Waals surface area contributed by atoms with Crippen LogP contribution in [0.25, 0.3) is 0 Å². The summed E-state index contributed by atoms with van der Waals surface area (Å²) >= 11 is 5.10. The van der Waals surface area contributed by atoms with Crippen LogP contribution in [0.5, 0.6) is 0 Å². The number of ether oxygens (including phenoxy) is 1. The summed E-state index contributed by atoms with van der Waals surface area (Å²) < 4.78 is 4.26. The molecule has 0 fully saturated rings. The van der Waals surface area contributed by atoms with E-state index < -0.39 is 0 Å². The van der Waals surface area contributed by atoms with Gasteiger partial charge in [0.25, 0.3) is 0 Å². The summed E-state index contributed by atoms with van der Waals surface area (Å²) in [7, 11) is 1.38. The number of nitrogens with zero attached hydrogens (tertiary/aromatic N) is 1. The quantitative estimate of drug-likeness (QED) is 0.551. The van der Waals surface area contributed by atoms with Crippen LogP contribution in [-0.4, -0.2) is 36.1 Å². The molecule has 0 saturated carbocycles. The zero-order valence-electron chi connectivity index (χ0n) is 10.5. The molecular weight excluding hydrogens is 210 g/mol. The number of hydrogen-bond acceptors (Lipinski definition) is 3. The van der Waals surface area contributed by atoms with Gasteiger partial charge >= 0.3 is 5.97 Å². The van der Waals surface area contributed by atoms with Crippen LogP contribution in [-0.2, 0) is 9.53 Å². The summed E-state index contributed by atoms with van der Waals surface area (Å²) in [4.78, 5) is 13.2. The summed E-state index contributed by atoms with van der Waals surface area (Å²) in [6.07, 6.45) is 1.47. The van der Waals surface area contributed by atoms with E-state index in [1.165, 1.54) is 7.11 Å². The fourth-order valence-corrected chi connectivity index (χ4v) is 1.20. The predicted molar refractivity (Wildman–Crippen MR) is 68.1 cm³/mol. The number of carbonyl (C=O) groups excluding carboxylic acids is 1. The van der Waals surface area contributed by atoms with E-state index in [4.69, 9.17) is 12.2 Å². The lowest BCUT2D eigenvalue weighted by atomic mass is 10.4. The van der Waals surface area contributed by atoms with Crippen molar-refractivity contribution in [1.29, 1.82) is 0 Å². The third-order valence-electron chi connectivity index (χ3n) is 1.93. The van der Waals surface area contributed by atoms with Gasteiger partial charge in [0.1, 0.15) is 0 Å². The van der Waals surface area contributed by atoms with Crippen molar-refractivity contribution in [3.8, 4) is 0 Å². The first kappa shape index (κ1) is 16.8. The fourth-order valence-electron chi connectivity index (χ4n) is 0.944. The van der Waals surface area contributed by atoms with Crippen LogP contribution in [0, 0.1) is 0 Å². The zero-order chi connectivity index (χ0) is 12.3. The molecule has 0 radical (unpaired) electrons. The van der Waals surface area contributed by atoms with Crippen molar-refractivity contribution in [1.82, 2.24) is 4.90 Å². The van der Waals surface area contributed by atoms with Crippen LogP contribution in [0.15, 0.2) is 0 Å². The van der Waals surface area contributed by atoms with Crippen molar-refractivity contribution in [2.45, 2.75) is 40.5 Å². The molecule has 0 spiro atoms. The topological polar surface area (TPSA) is 29.5 Å². The predicted octanol–water partition coefficient (Wildman–Crippen LogP) is 2.64. The lowest BCUT2D eigenvalue weighted by Gasteiger charge is -2.20. The molecule has 0 aromatic carbocycles. The van der Waals surface area contributed by atoms with Crippen LogP contribution in [0.1, 0.15) is 40.5 Å². The summed E-state index contributed by atoms with van der Waals surface area (Å²) in [5.41, 5.74) is 0. The number of rotatable bonds is 4. The van der Waals surface area contributed by atoms with Gasteiger partial charge in [-0.05, 0) is 20.3 Å². The first-order chi connectivity index (χ1) is 7.06. The Morgan fingerprint density at radius 2 is 1.60 bits per heavy atom. The molecule has 0 rings (SSSR count). The Bertz CT molecular complexity index is 173. The van der Waals surface area contributed by atoms with Gasteiger partial charge in [-0.15, -0.1) is 0 Å². The number of thiocarbonyl (C=S) groups is 1. The molecule has 0 atom stereocenters. The first-order valence-electron chi connectivity index (χ1n) is 5.41. The van der Waals surface area contributed by atoms with Crippen molar-refractivity contribution >= 4 is 23.2 Å². The minimum absolute atomic E-state index is 0.157. The number of carbonyl (C=O) groups is 1. The van der Waals surface area contributed by atoms with E-state index in [0.29, 0.717) is 6.42 Å². The Balaban J connectivity index is 0. The molecular formula is C11H23NO2S. The average Bonchev–Trinajstić information content (AvgIpc) is 2.30. The molecule has 0 aliphatic carbocycles. The highest BCUT2D eigenvalue weighted by molar-refractivity contribution is 7.80. The third-order valence-corrected chi connectivity index (χ3v) is 2.48. The van der Waals surface area contributed by atoms with Gasteiger partial charge in [-0.25, -0.2) is 0 Å². The molecule has 90 valence electrons. The molecule has 0 unspecified atom stereocenters. The van der Waals surface area contributed by atoms with E-state index >= 15 is 0 Å². The first-order valence-corrected chi connectivity index (χ1v) is 5.82. The van der Waals surface area contributed by atoms with Crippen LogP contribution in [0.2, 0.25) is 0 Å². The minimum Gasteiger partial charge on any atom is -0.469 e. The molecule has 15 heavy (non-hydrogen) atoms.